The van der Waals surface area contributed by atoms with Crippen LogP contribution in [0.5, 0.6) is 0 Å². The van der Waals surface area contributed by atoms with Gasteiger partial charge in [-0.05, 0) is 6.92 Å². The molecule has 0 bridgehead atoms. The Bertz CT molecular complexity index is 235. The fraction of sp³-hybridized carbons (Fsp3) is 0.143. The van der Waals surface area contributed by atoms with Crippen molar-refractivity contribution in [1.82, 2.24) is 0 Å². The van der Waals surface area contributed by atoms with E-state index in [0.29, 0.717) is 5.57 Å². The molecule has 0 atom stereocenters. The highest BCUT2D eigenvalue weighted by Gasteiger charge is 2.20. The van der Waals surface area contributed by atoms with Gasteiger partial charge >= 0.3 is 11.9 Å². The van der Waals surface area contributed by atoms with Gasteiger partial charge in [-0.1, -0.05) is 12.2 Å². The van der Waals surface area contributed by atoms with Crippen LogP contribution in [0, 0.1) is 0 Å². The highest BCUT2D eigenvalue weighted by Crippen LogP contribution is 2.08. The molecular weight excluding hydrogens is 132 g/mol. The Morgan fingerprint density at radius 3 is 2.60 bits per heavy atom. The van der Waals surface area contributed by atoms with E-state index in [1.54, 1.807) is 13.0 Å². The van der Waals surface area contributed by atoms with E-state index in [2.05, 4.69) is 4.74 Å². The number of allylic oxidation sites excluding steroid dienone is 1. The molecule has 0 spiro atoms. The lowest BCUT2D eigenvalue weighted by molar-refractivity contribution is -0.150. The first-order valence-corrected chi connectivity index (χ1v) is 2.84. The number of hydrogen-bond donors (Lipinski definition) is 0. The van der Waals surface area contributed by atoms with Crippen LogP contribution < -0.4 is 0 Å². The van der Waals surface area contributed by atoms with Gasteiger partial charge in [-0.15, -0.1) is 0 Å². The van der Waals surface area contributed by atoms with Gasteiger partial charge < -0.3 is 4.74 Å². The van der Waals surface area contributed by atoms with Crippen molar-refractivity contribution in [2.24, 2.45) is 0 Å². The van der Waals surface area contributed by atoms with Gasteiger partial charge in [0.05, 0.1) is 5.57 Å². The number of hydrogen-bond acceptors (Lipinski definition) is 3. The molecule has 0 radical (unpaired) electrons. The fourth-order valence-electron chi connectivity index (χ4n) is 0.661. The molecule has 3 heteroatoms. The van der Waals surface area contributed by atoms with Gasteiger partial charge in [-0.2, -0.15) is 0 Å². The number of rotatable bonds is 1. The maximum absolute atomic E-state index is 10.6. The summed E-state index contributed by atoms with van der Waals surface area (Å²) in [5.41, 5.74) is 0.313. The highest BCUT2D eigenvalue weighted by atomic mass is 16.6. The zero-order valence-corrected chi connectivity index (χ0v) is 5.46. The molecule has 1 aliphatic rings. The van der Waals surface area contributed by atoms with E-state index >= 15 is 0 Å². The third-order valence-electron chi connectivity index (χ3n) is 1.05. The summed E-state index contributed by atoms with van der Waals surface area (Å²) in [6.07, 6.45) is 4.38. The zero-order chi connectivity index (χ0) is 7.56. The minimum atomic E-state index is -0.585. The van der Waals surface area contributed by atoms with Crippen LogP contribution in [0.2, 0.25) is 0 Å². The van der Waals surface area contributed by atoms with Crippen LogP contribution in [0.3, 0.4) is 0 Å². The lowest BCUT2D eigenvalue weighted by Crippen LogP contribution is -2.00. The van der Waals surface area contributed by atoms with Crippen molar-refractivity contribution < 1.29 is 14.3 Å². The Kier molecular flexibility index (Phi) is 1.67. The summed E-state index contributed by atoms with van der Waals surface area (Å²) in [6.45, 7) is 1.76. The molecule has 0 saturated heterocycles. The maximum atomic E-state index is 10.6. The predicted octanol–water partition coefficient (Wildman–Crippen LogP) is 0.572. The maximum Gasteiger partial charge on any atom is 0.346 e. The number of carbonyl (C=O) groups excluding carboxylic acids is 2. The van der Waals surface area contributed by atoms with E-state index < -0.39 is 11.9 Å². The number of esters is 2. The van der Waals surface area contributed by atoms with Crippen molar-refractivity contribution in [2.45, 2.75) is 6.92 Å². The van der Waals surface area contributed by atoms with Crippen LogP contribution in [-0.2, 0) is 14.3 Å². The van der Waals surface area contributed by atoms with Crippen molar-refractivity contribution in [3.63, 3.8) is 0 Å². The lowest BCUT2D eigenvalue weighted by atomic mass is 10.2. The van der Waals surface area contributed by atoms with Gasteiger partial charge in [0.2, 0.25) is 0 Å². The Balaban J connectivity index is 2.85. The summed E-state index contributed by atoms with van der Waals surface area (Å²) >= 11 is 0. The summed E-state index contributed by atoms with van der Waals surface area (Å²) in [5, 5.41) is 0. The van der Waals surface area contributed by atoms with E-state index in [1.165, 1.54) is 12.2 Å². The van der Waals surface area contributed by atoms with Gasteiger partial charge in [-0.25, -0.2) is 9.59 Å². The van der Waals surface area contributed by atoms with Gasteiger partial charge in [0.1, 0.15) is 0 Å². The van der Waals surface area contributed by atoms with Crippen molar-refractivity contribution in [1.29, 1.82) is 0 Å². The largest absolute Gasteiger partial charge is 0.386 e. The second-order valence-electron chi connectivity index (χ2n) is 1.81. The molecule has 0 aromatic rings. The molecule has 52 valence electrons. The molecule has 1 aliphatic heterocycles. The fourth-order valence-corrected chi connectivity index (χ4v) is 0.661. The molecule has 0 saturated carbocycles. The predicted molar refractivity (Wildman–Crippen MR) is 34.0 cm³/mol. The molecule has 0 fully saturated rings. The van der Waals surface area contributed by atoms with Crippen LogP contribution in [-0.4, -0.2) is 11.9 Å². The van der Waals surface area contributed by atoms with Crippen LogP contribution in [0.1, 0.15) is 6.92 Å². The summed E-state index contributed by atoms with van der Waals surface area (Å²) in [4.78, 5) is 21.0. The number of carbonyl (C=O) groups is 2. The molecule has 0 aliphatic carbocycles. The Hall–Kier alpha value is -1.38. The first-order chi connectivity index (χ1) is 4.74. The number of ether oxygens (including phenoxy) is 1. The summed E-state index contributed by atoms with van der Waals surface area (Å²) in [6, 6.07) is 0. The molecular formula is C7H6O3. The summed E-state index contributed by atoms with van der Waals surface area (Å²) in [5.74, 6) is -1.15. The van der Waals surface area contributed by atoms with Crippen molar-refractivity contribution >= 4 is 11.9 Å². The molecule has 1 rings (SSSR count). The van der Waals surface area contributed by atoms with Crippen molar-refractivity contribution in [3.05, 3.63) is 23.8 Å². The van der Waals surface area contributed by atoms with Crippen LogP contribution in [0.15, 0.2) is 23.8 Å². The van der Waals surface area contributed by atoms with E-state index in [4.69, 9.17) is 0 Å². The average molecular weight is 138 g/mol. The standard InChI is InChI=1S/C7H6O3/c1-2-3-5-4-6(8)10-7(5)9/h2-4H,1H3/b3-2+. The van der Waals surface area contributed by atoms with E-state index in [9.17, 15) is 9.59 Å². The molecule has 0 amide bonds. The normalized spacial score (nSPS) is 17.9. The van der Waals surface area contributed by atoms with Crippen molar-refractivity contribution in [2.75, 3.05) is 0 Å². The van der Waals surface area contributed by atoms with E-state index in [1.807, 2.05) is 0 Å². The van der Waals surface area contributed by atoms with Crippen molar-refractivity contribution in [3.8, 4) is 0 Å². The average Bonchev–Trinajstić information content (AvgIpc) is 2.13. The molecule has 1 heterocycles. The molecule has 10 heavy (non-hydrogen) atoms. The van der Waals surface area contributed by atoms with Gasteiger partial charge in [0.15, 0.2) is 0 Å². The first-order valence-electron chi connectivity index (χ1n) is 2.84. The smallest absolute Gasteiger partial charge is 0.346 e. The third-order valence-corrected chi connectivity index (χ3v) is 1.05. The number of cyclic esters (lactones) is 2. The van der Waals surface area contributed by atoms with Crippen LogP contribution >= 0.6 is 0 Å². The second-order valence-corrected chi connectivity index (χ2v) is 1.81. The lowest BCUT2D eigenvalue weighted by Gasteiger charge is -1.86. The zero-order valence-electron chi connectivity index (χ0n) is 5.46. The summed E-state index contributed by atoms with van der Waals surface area (Å²) < 4.78 is 4.20. The second kappa shape index (κ2) is 2.47. The Morgan fingerprint density at radius 1 is 1.50 bits per heavy atom. The highest BCUT2D eigenvalue weighted by molar-refractivity contribution is 6.10. The SMILES string of the molecule is C/C=C/C1=CC(=O)OC1=O. The van der Waals surface area contributed by atoms with E-state index in [-0.39, 0.29) is 0 Å². The van der Waals surface area contributed by atoms with Gasteiger partial charge in [-0.3, -0.25) is 0 Å². The Labute approximate surface area is 58.0 Å². The molecule has 0 aromatic carbocycles. The molecule has 0 aromatic heterocycles. The first kappa shape index (κ1) is 6.74. The molecule has 0 N–H and O–H groups in total. The Morgan fingerprint density at radius 2 is 2.20 bits per heavy atom. The molecule has 3 nitrogen and oxygen atoms in total. The quantitative estimate of drug-likeness (QED) is 0.393. The minimum absolute atomic E-state index is 0.313. The van der Waals surface area contributed by atoms with Crippen LogP contribution in [0.4, 0.5) is 0 Å². The van der Waals surface area contributed by atoms with E-state index in [0.717, 1.165) is 0 Å². The summed E-state index contributed by atoms with van der Waals surface area (Å²) in [7, 11) is 0. The third kappa shape index (κ3) is 1.13. The van der Waals surface area contributed by atoms with Gasteiger partial charge in [0.25, 0.3) is 0 Å². The monoisotopic (exact) mass is 138 g/mol. The topological polar surface area (TPSA) is 43.4 Å². The van der Waals surface area contributed by atoms with Gasteiger partial charge in [0, 0.05) is 6.08 Å². The molecule has 0 unspecified atom stereocenters. The minimum Gasteiger partial charge on any atom is -0.386 e. The van der Waals surface area contributed by atoms with Crippen LogP contribution in [0.25, 0.3) is 0 Å².